The third-order valence-electron chi connectivity index (χ3n) is 4.70. The number of rotatable bonds is 9. The van der Waals surface area contributed by atoms with E-state index in [9.17, 15) is 14.9 Å². The summed E-state index contributed by atoms with van der Waals surface area (Å²) in [5, 5.41) is 19.2. The topological polar surface area (TPSA) is 100 Å². The lowest BCUT2D eigenvalue weighted by Crippen LogP contribution is -2.25. The molecule has 0 bridgehead atoms. The van der Waals surface area contributed by atoms with Crippen LogP contribution < -0.4 is 0 Å². The molecule has 2 atom stereocenters. The first kappa shape index (κ1) is 22.6. The molecule has 2 unspecified atom stereocenters. The van der Waals surface area contributed by atoms with Crippen molar-refractivity contribution in [2.45, 2.75) is 38.5 Å². The summed E-state index contributed by atoms with van der Waals surface area (Å²) in [6.07, 6.45) is 0.103. The minimum absolute atomic E-state index is 0.0160. The number of esters is 2. The summed E-state index contributed by atoms with van der Waals surface area (Å²) < 4.78 is 10.4. The van der Waals surface area contributed by atoms with Crippen molar-refractivity contribution in [3.8, 4) is 12.1 Å². The van der Waals surface area contributed by atoms with Crippen LogP contribution in [-0.4, -0.2) is 25.2 Å². The van der Waals surface area contributed by atoms with Crippen molar-refractivity contribution >= 4 is 11.9 Å². The van der Waals surface area contributed by atoms with E-state index in [0.29, 0.717) is 22.3 Å². The maximum Gasteiger partial charge on any atom is 0.315 e. The van der Waals surface area contributed by atoms with E-state index in [1.807, 2.05) is 0 Å². The van der Waals surface area contributed by atoms with Gasteiger partial charge in [0, 0.05) is 0 Å². The molecular weight excluding hydrogens is 380 g/mol. The van der Waals surface area contributed by atoms with E-state index < -0.39 is 23.8 Å². The molecule has 0 heterocycles. The minimum atomic E-state index is -0.944. The molecule has 0 spiro atoms. The number of nitriles is 2. The first-order valence-corrected chi connectivity index (χ1v) is 9.81. The van der Waals surface area contributed by atoms with Gasteiger partial charge >= 0.3 is 11.9 Å². The van der Waals surface area contributed by atoms with E-state index in [4.69, 9.17) is 14.7 Å². The van der Waals surface area contributed by atoms with Crippen LogP contribution in [0.15, 0.2) is 48.5 Å². The highest BCUT2D eigenvalue weighted by Crippen LogP contribution is 2.37. The Morgan fingerprint density at radius 2 is 1.50 bits per heavy atom. The predicted molar refractivity (Wildman–Crippen MR) is 110 cm³/mol. The first-order chi connectivity index (χ1) is 14.6. The molecule has 0 fully saturated rings. The Labute approximate surface area is 176 Å². The van der Waals surface area contributed by atoms with Crippen molar-refractivity contribution in [2.24, 2.45) is 0 Å². The molecule has 0 saturated heterocycles. The largest absolute Gasteiger partial charge is 0.466 e. The molecule has 0 N–H and O–H groups in total. The monoisotopic (exact) mass is 404 g/mol. The lowest BCUT2D eigenvalue weighted by atomic mass is 9.78. The number of ether oxygens (including phenoxy) is 2. The van der Waals surface area contributed by atoms with E-state index in [1.165, 1.54) is 0 Å². The highest BCUT2D eigenvalue weighted by Gasteiger charge is 2.35. The van der Waals surface area contributed by atoms with Crippen LogP contribution in [0.3, 0.4) is 0 Å². The zero-order valence-electron chi connectivity index (χ0n) is 17.1. The van der Waals surface area contributed by atoms with Crippen LogP contribution >= 0.6 is 0 Å². The molecule has 2 rings (SSSR count). The third-order valence-corrected chi connectivity index (χ3v) is 4.70. The molecule has 0 radical (unpaired) electrons. The Kier molecular flexibility index (Phi) is 8.59. The Bertz CT molecular complexity index is 972. The molecule has 6 nitrogen and oxygen atoms in total. The van der Waals surface area contributed by atoms with Crippen molar-refractivity contribution in [3.05, 3.63) is 70.8 Å². The van der Waals surface area contributed by atoms with Crippen LogP contribution in [0.1, 0.15) is 47.9 Å². The summed E-state index contributed by atoms with van der Waals surface area (Å²) in [6.45, 7) is 3.84. The zero-order valence-corrected chi connectivity index (χ0v) is 17.1. The smallest absolute Gasteiger partial charge is 0.315 e. The molecule has 0 aromatic heterocycles. The van der Waals surface area contributed by atoms with Gasteiger partial charge in [-0.25, -0.2) is 0 Å². The van der Waals surface area contributed by atoms with E-state index >= 15 is 0 Å². The molecular formula is C24H24N2O4. The van der Waals surface area contributed by atoms with Crippen LogP contribution in [-0.2, 0) is 31.9 Å². The zero-order chi connectivity index (χ0) is 21.9. The van der Waals surface area contributed by atoms with Crippen molar-refractivity contribution in [2.75, 3.05) is 13.2 Å². The third kappa shape index (κ3) is 5.46. The molecule has 2 aromatic carbocycles. The predicted octanol–water partition coefficient (Wildman–Crippen LogP) is 3.81. The van der Waals surface area contributed by atoms with Crippen LogP contribution in [0.25, 0.3) is 0 Å². The van der Waals surface area contributed by atoms with Crippen LogP contribution in [0.4, 0.5) is 0 Å². The van der Waals surface area contributed by atoms with Crippen LogP contribution in [0, 0.1) is 22.7 Å². The quantitative estimate of drug-likeness (QED) is 0.589. The van der Waals surface area contributed by atoms with Crippen molar-refractivity contribution < 1.29 is 19.1 Å². The summed E-state index contributed by atoms with van der Waals surface area (Å²) in [6, 6.07) is 18.4. The highest BCUT2D eigenvalue weighted by molar-refractivity contribution is 5.82. The standard InChI is InChI=1S/C24H24N2O4/c1-3-29-22(27)15-18-10-6-8-12-20(18)23(24(28)30-4-2)21(16-26)19-11-7-5-9-17(19)13-14-25/h5-12,21,23H,3-4,13,15H2,1-2H3. The van der Waals surface area contributed by atoms with E-state index in [-0.39, 0.29) is 26.1 Å². The molecule has 0 amide bonds. The van der Waals surface area contributed by atoms with Crippen LogP contribution in [0.2, 0.25) is 0 Å². The van der Waals surface area contributed by atoms with Gasteiger partial charge in [0.2, 0.25) is 0 Å². The Morgan fingerprint density at radius 3 is 2.10 bits per heavy atom. The molecule has 6 heteroatoms. The van der Waals surface area contributed by atoms with Gasteiger partial charge in [0.05, 0.1) is 44.1 Å². The molecule has 0 aliphatic rings. The van der Waals surface area contributed by atoms with Gasteiger partial charge in [-0.3, -0.25) is 9.59 Å². The summed E-state index contributed by atoms with van der Waals surface area (Å²) in [7, 11) is 0. The minimum Gasteiger partial charge on any atom is -0.466 e. The van der Waals surface area contributed by atoms with E-state index in [0.717, 1.165) is 0 Å². The fourth-order valence-electron chi connectivity index (χ4n) is 3.45. The van der Waals surface area contributed by atoms with Gasteiger partial charge in [0.1, 0.15) is 5.92 Å². The SMILES string of the molecule is CCOC(=O)Cc1ccccc1C(C(=O)OCC)C(C#N)c1ccccc1CC#N. The summed E-state index contributed by atoms with van der Waals surface area (Å²) in [5.41, 5.74) is 2.43. The molecule has 2 aromatic rings. The van der Waals surface area contributed by atoms with Gasteiger partial charge in [0.15, 0.2) is 0 Å². The maximum atomic E-state index is 13.0. The van der Waals surface area contributed by atoms with Gasteiger partial charge in [-0.1, -0.05) is 48.5 Å². The fourth-order valence-corrected chi connectivity index (χ4v) is 3.45. The van der Waals surface area contributed by atoms with Crippen LogP contribution in [0.5, 0.6) is 0 Å². The summed E-state index contributed by atoms with van der Waals surface area (Å²) in [4.78, 5) is 25.1. The average Bonchev–Trinajstić information content (AvgIpc) is 2.74. The number of nitrogens with zero attached hydrogens (tertiary/aromatic N) is 2. The number of benzene rings is 2. The van der Waals surface area contributed by atoms with Crippen molar-refractivity contribution in [1.82, 2.24) is 0 Å². The van der Waals surface area contributed by atoms with Gasteiger partial charge in [0.25, 0.3) is 0 Å². The van der Waals surface area contributed by atoms with Gasteiger partial charge in [-0.2, -0.15) is 10.5 Å². The average molecular weight is 404 g/mol. The number of hydrogen-bond acceptors (Lipinski definition) is 6. The maximum absolute atomic E-state index is 13.0. The fraction of sp³-hybridized carbons (Fsp3) is 0.333. The van der Waals surface area contributed by atoms with Gasteiger partial charge in [-0.05, 0) is 36.1 Å². The van der Waals surface area contributed by atoms with Gasteiger partial charge in [-0.15, -0.1) is 0 Å². The van der Waals surface area contributed by atoms with E-state index in [2.05, 4.69) is 12.1 Å². The molecule has 0 saturated carbocycles. The van der Waals surface area contributed by atoms with E-state index in [1.54, 1.807) is 62.4 Å². The number of hydrogen-bond donors (Lipinski definition) is 0. The summed E-state index contributed by atoms with van der Waals surface area (Å²) >= 11 is 0. The Morgan fingerprint density at radius 1 is 0.900 bits per heavy atom. The molecule has 154 valence electrons. The number of carbonyl (C=O) groups is 2. The van der Waals surface area contributed by atoms with Crippen molar-refractivity contribution in [1.29, 1.82) is 10.5 Å². The second kappa shape index (κ2) is 11.4. The number of carbonyl (C=O) groups excluding carboxylic acids is 2. The summed E-state index contributed by atoms with van der Waals surface area (Å²) in [5.74, 6) is -2.78. The Balaban J connectivity index is 2.60. The highest BCUT2D eigenvalue weighted by atomic mass is 16.5. The Hall–Kier alpha value is -3.64. The lowest BCUT2D eigenvalue weighted by molar-refractivity contribution is -0.145. The second-order valence-electron chi connectivity index (χ2n) is 6.55. The first-order valence-electron chi connectivity index (χ1n) is 9.81. The molecule has 0 aliphatic heterocycles. The molecule has 30 heavy (non-hydrogen) atoms. The lowest BCUT2D eigenvalue weighted by Gasteiger charge is -2.24. The molecule has 0 aliphatic carbocycles. The second-order valence-corrected chi connectivity index (χ2v) is 6.55. The van der Waals surface area contributed by atoms with Gasteiger partial charge < -0.3 is 9.47 Å². The normalized spacial score (nSPS) is 12.1. The van der Waals surface area contributed by atoms with Crippen molar-refractivity contribution in [3.63, 3.8) is 0 Å².